The molecular weight excluding hydrogens is 198 g/mol. The highest BCUT2D eigenvalue weighted by Gasteiger charge is 2.11. The minimum Gasteiger partial charge on any atom is -0.363 e. The first-order chi connectivity index (χ1) is 6.00. The zero-order valence-electron chi connectivity index (χ0n) is 6.42. The molecule has 1 aromatic heterocycles. The molecule has 0 amide bonds. The average molecular weight is 206 g/mol. The molecule has 0 aliphatic heterocycles. The molecular formula is C7H8ClNO4. The largest absolute Gasteiger partial charge is 0.363 e. The van der Waals surface area contributed by atoms with Gasteiger partial charge in [0.15, 0.2) is 12.6 Å². The molecule has 5 nitrogen and oxygen atoms in total. The van der Waals surface area contributed by atoms with E-state index in [1.54, 1.807) is 0 Å². The van der Waals surface area contributed by atoms with E-state index < -0.39 is 12.6 Å². The molecule has 1 heterocycles. The second-order valence-corrected chi connectivity index (χ2v) is 2.82. The van der Waals surface area contributed by atoms with Gasteiger partial charge < -0.3 is 20.4 Å². The summed E-state index contributed by atoms with van der Waals surface area (Å²) in [7, 11) is 0. The van der Waals surface area contributed by atoms with Gasteiger partial charge in [0.1, 0.15) is 0 Å². The van der Waals surface area contributed by atoms with Gasteiger partial charge in [-0.3, -0.25) is 0 Å². The maximum absolute atomic E-state index is 8.73. The number of hydrogen-bond acceptors (Lipinski definition) is 5. The Balaban J connectivity index is 3.11. The highest BCUT2D eigenvalue weighted by atomic mass is 35.5. The van der Waals surface area contributed by atoms with Crippen molar-refractivity contribution in [3.05, 3.63) is 28.5 Å². The minimum absolute atomic E-state index is 0.129. The summed E-state index contributed by atoms with van der Waals surface area (Å²) in [4.78, 5) is 3.55. The fourth-order valence-electron chi connectivity index (χ4n) is 0.802. The Morgan fingerprint density at radius 2 is 1.38 bits per heavy atom. The molecule has 0 unspecified atom stereocenters. The van der Waals surface area contributed by atoms with Crippen LogP contribution in [0.2, 0.25) is 5.02 Å². The number of aromatic nitrogens is 1. The molecule has 0 aliphatic rings. The fourth-order valence-corrected chi connectivity index (χ4v) is 1.03. The van der Waals surface area contributed by atoms with Crippen LogP contribution < -0.4 is 0 Å². The van der Waals surface area contributed by atoms with Crippen LogP contribution in [-0.4, -0.2) is 25.4 Å². The van der Waals surface area contributed by atoms with Gasteiger partial charge in [-0.25, -0.2) is 4.98 Å². The van der Waals surface area contributed by atoms with Crippen molar-refractivity contribution in [2.45, 2.75) is 12.6 Å². The van der Waals surface area contributed by atoms with Crippen LogP contribution in [0.25, 0.3) is 0 Å². The molecule has 72 valence electrons. The molecule has 0 aromatic carbocycles. The highest BCUT2D eigenvalue weighted by molar-refractivity contribution is 6.30. The van der Waals surface area contributed by atoms with E-state index >= 15 is 0 Å². The highest BCUT2D eigenvalue weighted by Crippen LogP contribution is 2.18. The third kappa shape index (κ3) is 2.61. The molecule has 6 heteroatoms. The normalized spacial score (nSPS) is 11.3. The first kappa shape index (κ1) is 10.4. The first-order valence-electron chi connectivity index (χ1n) is 3.40. The van der Waals surface area contributed by atoms with Gasteiger partial charge in [-0.15, -0.1) is 0 Å². The van der Waals surface area contributed by atoms with E-state index in [-0.39, 0.29) is 16.4 Å². The Bertz CT molecular complexity index is 276. The summed E-state index contributed by atoms with van der Waals surface area (Å²) in [5.74, 6) is 0. The van der Waals surface area contributed by atoms with Crippen LogP contribution >= 0.6 is 11.6 Å². The van der Waals surface area contributed by atoms with Gasteiger partial charge in [0.2, 0.25) is 0 Å². The molecule has 0 radical (unpaired) electrons. The maximum atomic E-state index is 8.73. The molecule has 0 atom stereocenters. The summed E-state index contributed by atoms with van der Waals surface area (Å²) >= 11 is 5.55. The Hall–Kier alpha value is -0.720. The SMILES string of the molecule is OC(O)c1cc(Cl)cc(C(O)O)n1. The van der Waals surface area contributed by atoms with Gasteiger partial charge in [0, 0.05) is 5.02 Å². The monoisotopic (exact) mass is 205 g/mol. The van der Waals surface area contributed by atoms with Crippen LogP contribution in [0.1, 0.15) is 24.0 Å². The van der Waals surface area contributed by atoms with E-state index in [0.717, 1.165) is 0 Å². The number of nitrogens with zero attached hydrogens (tertiary/aromatic N) is 1. The van der Waals surface area contributed by atoms with Crippen molar-refractivity contribution in [3.63, 3.8) is 0 Å². The van der Waals surface area contributed by atoms with E-state index in [9.17, 15) is 0 Å². The van der Waals surface area contributed by atoms with Gasteiger partial charge in [-0.05, 0) is 12.1 Å². The summed E-state index contributed by atoms with van der Waals surface area (Å²) < 4.78 is 0. The lowest BCUT2D eigenvalue weighted by molar-refractivity contribution is -0.0540. The zero-order chi connectivity index (χ0) is 10.0. The Kier molecular flexibility index (Phi) is 3.18. The molecule has 4 N–H and O–H groups in total. The smallest absolute Gasteiger partial charge is 0.196 e. The molecule has 0 saturated carbocycles. The van der Waals surface area contributed by atoms with E-state index in [1.165, 1.54) is 12.1 Å². The van der Waals surface area contributed by atoms with Crippen LogP contribution in [0.3, 0.4) is 0 Å². The number of pyridine rings is 1. The third-order valence-corrected chi connectivity index (χ3v) is 1.58. The zero-order valence-corrected chi connectivity index (χ0v) is 7.18. The third-order valence-electron chi connectivity index (χ3n) is 1.36. The fraction of sp³-hybridized carbons (Fsp3) is 0.286. The molecule has 0 aliphatic carbocycles. The number of aliphatic hydroxyl groups excluding tert-OH is 2. The molecule has 1 rings (SSSR count). The van der Waals surface area contributed by atoms with Gasteiger partial charge in [-0.2, -0.15) is 0 Å². The predicted octanol–water partition coefficient (Wildman–Crippen LogP) is -0.299. The minimum atomic E-state index is -1.78. The van der Waals surface area contributed by atoms with Crippen molar-refractivity contribution in [1.29, 1.82) is 0 Å². The summed E-state index contributed by atoms with van der Waals surface area (Å²) in [6.45, 7) is 0. The van der Waals surface area contributed by atoms with Gasteiger partial charge >= 0.3 is 0 Å². The lowest BCUT2D eigenvalue weighted by atomic mass is 10.3. The molecule has 0 fully saturated rings. The first-order valence-corrected chi connectivity index (χ1v) is 3.78. The van der Waals surface area contributed by atoms with Crippen molar-refractivity contribution in [2.75, 3.05) is 0 Å². The summed E-state index contributed by atoms with van der Waals surface area (Å²) in [5.41, 5.74) is -0.258. The standard InChI is InChI=1S/C7H8ClNO4/c8-3-1-4(6(10)11)9-5(2-3)7(12)13/h1-2,6-7,10-13H. The molecule has 0 spiro atoms. The molecule has 13 heavy (non-hydrogen) atoms. The quantitative estimate of drug-likeness (QED) is 0.498. The number of halogens is 1. The number of rotatable bonds is 2. The predicted molar refractivity (Wildman–Crippen MR) is 43.6 cm³/mol. The second kappa shape index (κ2) is 3.99. The lowest BCUT2D eigenvalue weighted by Gasteiger charge is -2.07. The summed E-state index contributed by atoms with van der Waals surface area (Å²) in [5, 5.41) is 35.1. The van der Waals surface area contributed by atoms with Crippen molar-refractivity contribution in [3.8, 4) is 0 Å². The van der Waals surface area contributed by atoms with Gasteiger partial charge in [-0.1, -0.05) is 11.6 Å². The maximum Gasteiger partial charge on any atom is 0.196 e. The summed E-state index contributed by atoms with van der Waals surface area (Å²) in [6, 6.07) is 2.44. The lowest BCUT2D eigenvalue weighted by Crippen LogP contribution is -2.05. The van der Waals surface area contributed by atoms with Gasteiger partial charge in [0.05, 0.1) is 11.4 Å². The second-order valence-electron chi connectivity index (χ2n) is 2.38. The number of aliphatic hydroxyl groups is 4. The topological polar surface area (TPSA) is 93.8 Å². The molecule has 0 saturated heterocycles. The van der Waals surface area contributed by atoms with Crippen LogP contribution in [0.15, 0.2) is 12.1 Å². The van der Waals surface area contributed by atoms with E-state index in [4.69, 9.17) is 32.0 Å². The van der Waals surface area contributed by atoms with Crippen molar-refractivity contribution in [1.82, 2.24) is 4.98 Å². The van der Waals surface area contributed by atoms with Crippen LogP contribution in [0.4, 0.5) is 0 Å². The summed E-state index contributed by atoms with van der Waals surface area (Å²) in [6.07, 6.45) is -3.56. The van der Waals surface area contributed by atoms with Crippen LogP contribution in [0, 0.1) is 0 Å². The van der Waals surface area contributed by atoms with Crippen molar-refractivity contribution in [2.24, 2.45) is 0 Å². The van der Waals surface area contributed by atoms with E-state index in [2.05, 4.69) is 4.98 Å². The Labute approximate surface area is 78.9 Å². The van der Waals surface area contributed by atoms with Crippen LogP contribution in [-0.2, 0) is 0 Å². The molecule has 0 bridgehead atoms. The van der Waals surface area contributed by atoms with Crippen LogP contribution in [0.5, 0.6) is 0 Å². The Morgan fingerprint density at radius 3 is 1.69 bits per heavy atom. The van der Waals surface area contributed by atoms with E-state index in [0.29, 0.717) is 0 Å². The van der Waals surface area contributed by atoms with Crippen molar-refractivity contribution >= 4 is 11.6 Å². The van der Waals surface area contributed by atoms with Gasteiger partial charge in [0.25, 0.3) is 0 Å². The number of hydrogen-bond donors (Lipinski definition) is 4. The average Bonchev–Trinajstić information content (AvgIpc) is 2.03. The molecule has 1 aromatic rings. The van der Waals surface area contributed by atoms with E-state index in [1.807, 2.05) is 0 Å². The van der Waals surface area contributed by atoms with Crippen molar-refractivity contribution < 1.29 is 20.4 Å². The Morgan fingerprint density at radius 1 is 1.00 bits per heavy atom.